The first-order chi connectivity index (χ1) is 13.1. The molecule has 1 heterocycles. The normalized spacial score (nSPS) is 16.8. The standard InChI is InChI=1S/C22H29N3O2/c23-20-8-6-17(7-9-20)14-22(27)24-15-18-10-12-25(13-11-18)16-21(26)19-4-2-1-3-5-19/h1-9,18,21,26H,10-16,23H2,(H,24,27). The maximum atomic E-state index is 12.1. The van der Waals surface area contributed by atoms with Crippen molar-refractivity contribution in [2.75, 3.05) is 31.9 Å². The van der Waals surface area contributed by atoms with E-state index in [1.54, 1.807) is 0 Å². The van der Waals surface area contributed by atoms with Gasteiger partial charge in [0.1, 0.15) is 0 Å². The van der Waals surface area contributed by atoms with Gasteiger partial charge < -0.3 is 21.1 Å². The lowest BCUT2D eigenvalue weighted by Crippen LogP contribution is -2.40. The van der Waals surface area contributed by atoms with Crippen LogP contribution >= 0.6 is 0 Å². The second-order valence-corrected chi connectivity index (χ2v) is 7.39. The minimum atomic E-state index is -0.442. The molecule has 1 amide bonds. The number of piperidine rings is 1. The van der Waals surface area contributed by atoms with E-state index in [1.165, 1.54) is 0 Å². The number of β-amino-alcohol motifs (C(OH)–C–C–N with tert-alkyl or cyclic N) is 1. The molecule has 27 heavy (non-hydrogen) atoms. The third-order valence-corrected chi connectivity index (χ3v) is 5.25. The molecular weight excluding hydrogens is 338 g/mol. The van der Waals surface area contributed by atoms with Crippen molar-refractivity contribution in [1.29, 1.82) is 0 Å². The van der Waals surface area contributed by atoms with E-state index in [-0.39, 0.29) is 5.91 Å². The largest absolute Gasteiger partial charge is 0.399 e. The molecule has 1 saturated heterocycles. The third-order valence-electron chi connectivity index (χ3n) is 5.25. The minimum absolute atomic E-state index is 0.0571. The van der Waals surface area contributed by atoms with E-state index in [9.17, 15) is 9.90 Å². The quantitative estimate of drug-likeness (QED) is 0.657. The fourth-order valence-electron chi connectivity index (χ4n) is 3.54. The van der Waals surface area contributed by atoms with E-state index in [0.29, 0.717) is 24.6 Å². The molecule has 0 radical (unpaired) electrons. The summed E-state index contributed by atoms with van der Waals surface area (Å²) in [4.78, 5) is 14.4. The highest BCUT2D eigenvalue weighted by molar-refractivity contribution is 5.78. The maximum absolute atomic E-state index is 12.1. The molecule has 1 unspecified atom stereocenters. The summed E-state index contributed by atoms with van der Waals surface area (Å²) < 4.78 is 0. The van der Waals surface area contributed by atoms with Crippen LogP contribution in [-0.4, -0.2) is 42.1 Å². The van der Waals surface area contributed by atoms with E-state index in [2.05, 4.69) is 10.2 Å². The number of aliphatic hydroxyl groups is 1. The van der Waals surface area contributed by atoms with Crippen molar-refractivity contribution in [1.82, 2.24) is 10.2 Å². The van der Waals surface area contributed by atoms with E-state index in [0.717, 1.165) is 43.6 Å². The number of carbonyl (C=O) groups is 1. The molecule has 0 spiro atoms. The zero-order chi connectivity index (χ0) is 19.1. The number of nitrogens with zero attached hydrogens (tertiary/aromatic N) is 1. The SMILES string of the molecule is Nc1ccc(CC(=O)NCC2CCN(CC(O)c3ccccc3)CC2)cc1. The van der Waals surface area contributed by atoms with Gasteiger partial charge in [0.15, 0.2) is 0 Å². The highest BCUT2D eigenvalue weighted by Gasteiger charge is 2.22. The Morgan fingerprint density at radius 2 is 1.78 bits per heavy atom. The summed E-state index contributed by atoms with van der Waals surface area (Å²) in [6.07, 6.45) is 2.04. The maximum Gasteiger partial charge on any atom is 0.224 e. The predicted molar refractivity (Wildman–Crippen MR) is 108 cm³/mol. The Morgan fingerprint density at radius 1 is 1.11 bits per heavy atom. The molecule has 1 aliphatic heterocycles. The molecule has 5 heteroatoms. The monoisotopic (exact) mass is 367 g/mol. The second-order valence-electron chi connectivity index (χ2n) is 7.39. The van der Waals surface area contributed by atoms with Crippen LogP contribution in [0.15, 0.2) is 54.6 Å². The lowest BCUT2D eigenvalue weighted by Gasteiger charge is -2.33. The van der Waals surface area contributed by atoms with Crippen LogP contribution in [0.2, 0.25) is 0 Å². The number of rotatable bonds is 7. The Kier molecular flexibility index (Phi) is 6.85. The van der Waals surface area contributed by atoms with Crippen molar-refractivity contribution >= 4 is 11.6 Å². The molecule has 2 aromatic carbocycles. The third kappa shape index (κ3) is 6.08. The molecule has 1 aliphatic rings. The van der Waals surface area contributed by atoms with E-state index in [1.807, 2.05) is 54.6 Å². The highest BCUT2D eigenvalue weighted by Crippen LogP contribution is 2.20. The van der Waals surface area contributed by atoms with Crippen molar-refractivity contribution in [2.24, 2.45) is 5.92 Å². The number of hydrogen-bond donors (Lipinski definition) is 3. The van der Waals surface area contributed by atoms with Gasteiger partial charge >= 0.3 is 0 Å². The van der Waals surface area contributed by atoms with E-state index >= 15 is 0 Å². The molecule has 1 atom stereocenters. The fourth-order valence-corrected chi connectivity index (χ4v) is 3.54. The summed E-state index contributed by atoms with van der Waals surface area (Å²) in [5.74, 6) is 0.562. The van der Waals surface area contributed by atoms with Gasteiger partial charge in [0.2, 0.25) is 5.91 Å². The lowest BCUT2D eigenvalue weighted by atomic mass is 9.96. The van der Waals surface area contributed by atoms with Crippen LogP contribution in [0.3, 0.4) is 0 Å². The first kappa shape index (κ1) is 19.4. The number of nitrogens with one attached hydrogen (secondary N) is 1. The number of nitrogen functional groups attached to an aromatic ring is 1. The molecular formula is C22H29N3O2. The average Bonchev–Trinajstić information content (AvgIpc) is 2.70. The molecule has 2 aromatic rings. The first-order valence-corrected chi connectivity index (χ1v) is 9.66. The van der Waals surface area contributed by atoms with Crippen molar-refractivity contribution in [3.63, 3.8) is 0 Å². The number of amides is 1. The Hall–Kier alpha value is -2.37. The fraction of sp³-hybridized carbons (Fsp3) is 0.409. The summed E-state index contributed by atoms with van der Waals surface area (Å²) >= 11 is 0. The van der Waals surface area contributed by atoms with Crippen molar-refractivity contribution in [3.05, 3.63) is 65.7 Å². The van der Waals surface area contributed by atoms with Crippen LogP contribution in [0.25, 0.3) is 0 Å². The molecule has 3 rings (SSSR count). The van der Waals surface area contributed by atoms with Gasteiger partial charge in [0.05, 0.1) is 12.5 Å². The molecule has 0 saturated carbocycles. The number of benzene rings is 2. The second kappa shape index (κ2) is 9.53. The Balaban J connectivity index is 1.35. The van der Waals surface area contributed by atoms with Gasteiger partial charge in [-0.2, -0.15) is 0 Å². The average molecular weight is 367 g/mol. The summed E-state index contributed by atoms with van der Waals surface area (Å²) in [5, 5.41) is 13.4. The molecule has 0 aromatic heterocycles. The van der Waals surface area contributed by atoms with Gasteiger partial charge in [0, 0.05) is 18.8 Å². The van der Waals surface area contributed by atoms with Crippen LogP contribution in [-0.2, 0) is 11.2 Å². The van der Waals surface area contributed by atoms with Gasteiger partial charge in [0.25, 0.3) is 0 Å². The summed E-state index contributed by atoms with van der Waals surface area (Å²) in [6, 6.07) is 17.2. The summed E-state index contributed by atoms with van der Waals surface area (Å²) in [5.41, 5.74) is 8.32. The minimum Gasteiger partial charge on any atom is -0.399 e. The zero-order valence-electron chi connectivity index (χ0n) is 15.7. The van der Waals surface area contributed by atoms with Gasteiger partial charge in [-0.3, -0.25) is 4.79 Å². The number of likely N-dealkylation sites (tertiary alicyclic amines) is 1. The Bertz CT molecular complexity index is 710. The topological polar surface area (TPSA) is 78.6 Å². The zero-order valence-corrected chi connectivity index (χ0v) is 15.7. The van der Waals surface area contributed by atoms with Crippen LogP contribution in [0.1, 0.15) is 30.1 Å². The van der Waals surface area contributed by atoms with E-state index < -0.39 is 6.10 Å². The Labute approximate surface area is 161 Å². The van der Waals surface area contributed by atoms with Crippen molar-refractivity contribution in [3.8, 4) is 0 Å². The summed E-state index contributed by atoms with van der Waals surface area (Å²) in [6.45, 7) is 3.31. The molecule has 4 N–H and O–H groups in total. The molecule has 144 valence electrons. The first-order valence-electron chi connectivity index (χ1n) is 9.66. The number of hydrogen-bond acceptors (Lipinski definition) is 4. The number of nitrogens with two attached hydrogens (primary N) is 1. The van der Waals surface area contributed by atoms with Gasteiger partial charge in [-0.05, 0) is 55.1 Å². The number of carbonyl (C=O) groups excluding carboxylic acids is 1. The van der Waals surface area contributed by atoms with Crippen LogP contribution in [0.4, 0.5) is 5.69 Å². The van der Waals surface area contributed by atoms with Crippen LogP contribution < -0.4 is 11.1 Å². The van der Waals surface area contributed by atoms with Gasteiger partial charge in [-0.1, -0.05) is 42.5 Å². The molecule has 0 aliphatic carbocycles. The lowest BCUT2D eigenvalue weighted by molar-refractivity contribution is -0.120. The molecule has 0 bridgehead atoms. The van der Waals surface area contributed by atoms with E-state index in [4.69, 9.17) is 5.73 Å². The van der Waals surface area contributed by atoms with Crippen molar-refractivity contribution < 1.29 is 9.90 Å². The number of anilines is 1. The smallest absolute Gasteiger partial charge is 0.224 e. The Morgan fingerprint density at radius 3 is 2.44 bits per heavy atom. The molecule has 1 fully saturated rings. The van der Waals surface area contributed by atoms with Crippen LogP contribution in [0, 0.1) is 5.92 Å². The predicted octanol–water partition coefficient (Wildman–Crippen LogP) is 2.37. The highest BCUT2D eigenvalue weighted by atomic mass is 16.3. The van der Waals surface area contributed by atoms with Crippen LogP contribution in [0.5, 0.6) is 0 Å². The van der Waals surface area contributed by atoms with Gasteiger partial charge in [-0.15, -0.1) is 0 Å². The van der Waals surface area contributed by atoms with Crippen molar-refractivity contribution in [2.45, 2.75) is 25.4 Å². The summed E-state index contributed by atoms with van der Waals surface area (Å²) in [7, 11) is 0. The molecule has 5 nitrogen and oxygen atoms in total. The number of aliphatic hydroxyl groups excluding tert-OH is 1. The van der Waals surface area contributed by atoms with Gasteiger partial charge in [-0.25, -0.2) is 0 Å².